The van der Waals surface area contributed by atoms with Crippen molar-refractivity contribution < 1.29 is 23.4 Å². The summed E-state index contributed by atoms with van der Waals surface area (Å²) in [5.74, 6) is -0.953. The first-order valence-corrected chi connectivity index (χ1v) is 8.08. The minimum Gasteiger partial charge on any atom is -0.395 e. The number of sulfonamides is 1. The van der Waals surface area contributed by atoms with Crippen LogP contribution in [0, 0.1) is 5.41 Å². The van der Waals surface area contributed by atoms with E-state index >= 15 is 0 Å². The second kappa shape index (κ2) is 6.04. The first kappa shape index (κ1) is 16.4. The molecule has 0 bridgehead atoms. The molecule has 7 heteroatoms. The number of benzene rings is 2. The first-order valence-electron chi connectivity index (χ1n) is 6.60. The molecule has 0 radical (unpaired) electrons. The van der Waals surface area contributed by atoms with E-state index in [1.807, 2.05) is 16.9 Å². The van der Waals surface area contributed by atoms with Crippen molar-refractivity contribution in [2.75, 3.05) is 13.2 Å². The summed E-state index contributed by atoms with van der Waals surface area (Å²) < 4.78 is 26.4. The van der Waals surface area contributed by atoms with Gasteiger partial charge in [-0.2, -0.15) is 0 Å². The molecule has 2 aromatic rings. The molecule has 0 saturated carbocycles. The van der Waals surface area contributed by atoms with E-state index in [0.717, 1.165) is 10.8 Å². The number of amides is 1. The molecule has 0 fully saturated rings. The molecule has 0 aliphatic rings. The second-order valence-corrected chi connectivity index (χ2v) is 7.00. The molecule has 118 valence electrons. The molecule has 0 heterocycles. The number of rotatable bonds is 5. The number of aliphatic hydroxyl groups is 2. The number of fused-ring (bicyclic) bond motifs is 1. The van der Waals surface area contributed by atoms with Gasteiger partial charge in [-0.1, -0.05) is 30.3 Å². The largest absolute Gasteiger partial charge is 0.395 e. The van der Waals surface area contributed by atoms with Gasteiger partial charge in [-0.05, 0) is 29.8 Å². The standard InChI is InChI=1S/C15H17NO5S/c1-15(9-17,10-18)14(19)16-22(20,21)13-7-6-11-4-2-3-5-12(11)8-13/h2-8,17-18H,9-10H2,1H3,(H,16,19). The van der Waals surface area contributed by atoms with E-state index in [1.54, 1.807) is 18.2 Å². The molecule has 0 aromatic heterocycles. The molecule has 2 aromatic carbocycles. The molecule has 0 aliphatic carbocycles. The Kier molecular flexibility index (Phi) is 4.50. The topological polar surface area (TPSA) is 104 Å². The Morgan fingerprint density at radius 2 is 1.68 bits per heavy atom. The fourth-order valence-electron chi connectivity index (χ4n) is 1.83. The number of hydrogen-bond acceptors (Lipinski definition) is 5. The van der Waals surface area contributed by atoms with Gasteiger partial charge in [0.1, 0.15) is 0 Å². The highest BCUT2D eigenvalue weighted by atomic mass is 32.2. The monoisotopic (exact) mass is 323 g/mol. The van der Waals surface area contributed by atoms with Crippen LogP contribution in [0.4, 0.5) is 0 Å². The van der Waals surface area contributed by atoms with Gasteiger partial charge in [0.25, 0.3) is 10.0 Å². The van der Waals surface area contributed by atoms with Gasteiger partial charge in [-0.3, -0.25) is 4.79 Å². The lowest BCUT2D eigenvalue weighted by atomic mass is 9.92. The van der Waals surface area contributed by atoms with Crippen LogP contribution in [0.15, 0.2) is 47.4 Å². The molecule has 22 heavy (non-hydrogen) atoms. The van der Waals surface area contributed by atoms with Gasteiger partial charge in [-0.25, -0.2) is 13.1 Å². The average molecular weight is 323 g/mol. The van der Waals surface area contributed by atoms with Crippen LogP contribution in [0.5, 0.6) is 0 Å². The molecule has 0 spiro atoms. The smallest absolute Gasteiger partial charge is 0.264 e. The highest BCUT2D eigenvalue weighted by Crippen LogP contribution is 2.20. The summed E-state index contributed by atoms with van der Waals surface area (Å²) in [5.41, 5.74) is -1.57. The van der Waals surface area contributed by atoms with Crippen LogP contribution in [-0.4, -0.2) is 37.8 Å². The van der Waals surface area contributed by atoms with Crippen LogP contribution in [0.3, 0.4) is 0 Å². The lowest BCUT2D eigenvalue weighted by Gasteiger charge is -2.23. The second-order valence-electron chi connectivity index (χ2n) is 5.32. The Morgan fingerprint density at radius 3 is 2.27 bits per heavy atom. The number of nitrogens with one attached hydrogen (secondary N) is 1. The molecule has 0 atom stereocenters. The molecule has 0 unspecified atom stereocenters. The van der Waals surface area contributed by atoms with Crippen LogP contribution < -0.4 is 4.72 Å². The third kappa shape index (κ3) is 3.11. The Bertz CT molecular complexity index is 796. The van der Waals surface area contributed by atoms with Crippen molar-refractivity contribution in [1.82, 2.24) is 4.72 Å². The maximum absolute atomic E-state index is 12.3. The summed E-state index contributed by atoms with van der Waals surface area (Å²) in [6.45, 7) is -0.0522. The number of carbonyl (C=O) groups is 1. The fourth-order valence-corrected chi connectivity index (χ4v) is 2.97. The predicted octanol–water partition coefficient (Wildman–Crippen LogP) is 0.636. The van der Waals surface area contributed by atoms with Gasteiger partial charge in [0, 0.05) is 0 Å². The number of aliphatic hydroxyl groups excluding tert-OH is 2. The van der Waals surface area contributed by atoms with Crippen LogP contribution in [0.1, 0.15) is 6.92 Å². The Labute approximate surface area is 128 Å². The van der Waals surface area contributed by atoms with Crippen molar-refractivity contribution in [3.05, 3.63) is 42.5 Å². The number of hydrogen-bond donors (Lipinski definition) is 3. The van der Waals surface area contributed by atoms with E-state index in [0.29, 0.717) is 0 Å². The fraction of sp³-hybridized carbons (Fsp3) is 0.267. The molecule has 2 rings (SSSR count). The molecule has 0 saturated heterocycles. The molecule has 3 N–H and O–H groups in total. The van der Waals surface area contributed by atoms with E-state index in [-0.39, 0.29) is 4.90 Å². The normalized spacial score (nSPS) is 12.3. The summed E-state index contributed by atoms with van der Waals surface area (Å²) in [6.07, 6.45) is 0. The Hall–Kier alpha value is -1.96. The lowest BCUT2D eigenvalue weighted by molar-refractivity contribution is -0.132. The maximum atomic E-state index is 12.3. The lowest BCUT2D eigenvalue weighted by Crippen LogP contribution is -2.46. The van der Waals surface area contributed by atoms with Crippen molar-refractivity contribution in [1.29, 1.82) is 0 Å². The minimum atomic E-state index is -4.08. The van der Waals surface area contributed by atoms with Gasteiger partial charge in [0.05, 0.1) is 23.5 Å². The van der Waals surface area contributed by atoms with Crippen molar-refractivity contribution in [2.45, 2.75) is 11.8 Å². The highest BCUT2D eigenvalue weighted by Gasteiger charge is 2.35. The van der Waals surface area contributed by atoms with Gasteiger partial charge in [0.15, 0.2) is 0 Å². The average Bonchev–Trinajstić information content (AvgIpc) is 2.53. The van der Waals surface area contributed by atoms with Gasteiger partial charge >= 0.3 is 0 Å². The summed E-state index contributed by atoms with van der Waals surface area (Å²) in [6, 6.07) is 11.7. The Morgan fingerprint density at radius 1 is 1.09 bits per heavy atom. The van der Waals surface area contributed by atoms with Crippen molar-refractivity contribution >= 4 is 26.7 Å². The van der Waals surface area contributed by atoms with Gasteiger partial charge < -0.3 is 10.2 Å². The maximum Gasteiger partial charge on any atom is 0.264 e. The van der Waals surface area contributed by atoms with E-state index in [1.165, 1.54) is 19.1 Å². The molecular weight excluding hydrogens is 306 g/mol. The van der Waals surface area contributed by atoms with Gasteiger partial charge in [-0.15, -0.1) is 0 Å². The van der Waals surface area contributed by atoms with Crippen molar-refractivity contribution in [3.8, 4) is 0 Å². The summed E-state index contributed by atoms with van der Waals surface area (Å²) in [7, 11) is -4.08. The van der Waals surface area contributed by atoms with E-state index in [2.05, 4.69) is 0 Å². The SMILES string of the molecule is CC(CO)(CO)C(=O)NS(=O)(=O)c1ccc2ccccc2c1. The van der Waals surface area contributed by atoms with Crippen molar-refractivity contribution in [3.63, 3.8) is 0 Å². The quantitative estimate of drug-likeness (QED) is 0.749. The highest BCUT2D eigenvalue weighted by molar-refractivity contribution is 7.90. The zero-order chi connectivity index (χ0) is 16.4. The Balaban J connectivity index is 2.35. The molecule has 6 nitrogen and oxygen atoms in total. The molecule has 1 amide bonds. The summed E-state index contributed by atoms with van der Waals surface area (Å²) in [5, 5.41) is 19.9. The van der Waals surface area contributed by atoms with Crippen LogP contribution in [0.2, 0.25) is 0 Å². The first-order chi connectivity index (χ1) is 10.3. The molecule has 0 aliphatic heterocycles. The number of carbonyl (C=O) groups excluding carboxylic acids is 1. The van der Waals surface area contributed by atoms with Crippen LogP contribution in [-0.2, 0) is 14.8 Å². The van der Waals surface area contributed by atoms with Crippen LogP contribution >= 0.6 is 0 Å². The zero-order valence-electron chi connectivity index (χ0n) is 12.0. The van der Waals surface area contributed by atoms with E-state index < -0.39 is 34.6 Å². The molecular formula is C15H17NO5S. The van der Waals surface area contributed by atoms with E-state index in [4.69, 9.17) is 10.2 Å². The third-order valence-electron chi connectivity index (χ3n) is 3.50. The van der Waals surface area contributed by atoms with Gasteiger partial charge in [0.2, 0.25) is 5.91 Å². The zero-order valence-corrected chi connectivity index (χ0v) is 12.8. The predicted molar refractivity (Wildman–Crippen MR) is 81.6 cm³/mol. The van der Waals surface area contributed by atoms with Crippen LogP contribution in [0.25, 0.3) is 10.8 Å². The summed E-state index contributed by atoms with van der Waals surface area (Å²) >= 11 is 0. The summed E-state index contributed by atoms with van der Waals surface area (Å²) in [4.78, 5) is 11.9. The third-order valence-corrected chi connectivity index (χ3v) is 4.83. The minimum absolute atomic E-state index is 0.0576. The van der Waals surface area contributed by atoms with Crippen molar-refractivity contribution in [2.24, 2.45) is 5.41 Å². The van der Waals surface area contributed by atoms with E-state index in [9.17, 15) is 13.2 Å².